The van der Waals surface area contributed by atoms with E-state index in [0.717, 1.165) is 12.1 Å². The van der Waals surface area contributed by atoms with E-state index >= 15 is 0 Å². The molecule has 1 aromatic carbocycles. The molecule has 2 N–H and O–H groups in total. The van der Waals surface area contributed by atoms with Crippen molar-refractivity contribution in [1.29, 1.82) is 0 Å². The summed E-state index contributed by atoms with van der Waals surface area (Å²) < 4.78 is 47.3. The molecule has 102 valence electrons. The molecule has 0 aliphatic carbocycles. The highest BCUT2D eigenvalue weighted by Gasteiger charge is 2.30. The minimum atomic E-state index is -4.35. The smallest absolute Gasteiger partial charge is 0.416 e. The molecule has 0 aliphatic heterocycles. The maximum absolute atomic E-state index is 12.4. The first kappa shape index (κ1) is 13.4. The van der Waals surface area contributed by atoms with Crippen LogP contribution in [0.2, 0.25) is 0 Å². The molecule has 0 atom stereocenters. The van der Waals surface area contributed by atoms with Crippen LogP contribution in [-0.4, -0.2) is 18.3 Å². The van der Waals surface area contributed by atoms with Gasteiger partial charge in [-0.2, -0.15) is 13.2 Å². The molecule has 2 rings (SSSR count). The molecule has 0 unspecified atom stereocenters. The topological polar surface area (TPSA) is 61.3 Å². The Bertz CT molecular complexity index is 535. The minimum Gasteiger partial charge on any atom is -0.474 e. The lowest BCUT2D eigenvalue weighted by Crippen LogP contribution is -2.10. The van der Waals surface area contributed by atoms with Crippen molar-refractivity contribution in [3.05, 3.63) is 35.9 Å². The molecule has 0 spiro atoms. The number of alkyl halides is 3. The molecule has 0 bridgehead atoms. The highest BCUT2D eigenvalue weighted by atomic mass is 19.4. The van der Waals surface area contributed by atoms with Crippen LogP contribution in [0.25, 0.3) is 11.3 Å². The lowest BCUT2D eigenvalue weighted by Gasteiger charge is -2.05. The van der Waals surface area contributed by atoms with Gasteiger partial charge in [0.25, 0.3) is 5.88 Å². The van der Waals surface area contributed by atoms with Gasteiger partial charge < -0.3 is 15.0 Å². The summed E-state index contributed by atoms with van der Waals surface area (Å²) in [6.07, 6.45) is -4.35. The van der Waals surface area contributed by atoms with Gasteiger partial charge in [-0.15, -0.1) is 0 Å². The van der Waals surface area contributed by atoms with Crippen molar-refractivity contribution < 1.29 is 22.4 Å². The van der Waals surface area contributed by atoms with Gasteiger partial charge >= 0.3 is 6.18 Å². The van der Waals surface area contributed by atoms with Crippen molar-refractivity contribution in [2.24, 2.45) is 5.73 Å². The van der Waals surface area contributed by atoms with Crippen LogP contribution in [-0.2, 0) is 6.18 Å². The summed E-state index contributed by atoms with van der Waals surface area (Å²) >= 11 is 0. The zero-order valence-corrected chi connectivity index (χ0v) is 9.78. The van der Waals surface area contributed by atoms with Crippen LogP contribution in [0.5, 0.6) is 5.88 Å². The van der Waals surface area contributed by atoms with E-state index in [9.17, 15) is 13.2 Å². The summed E-state index contributed by atoms with van der Waals surface area (Å²) in [7, 11) is 0. The first-order valence-electron chi connectivity index (χ1n) is 5.48. The molecular weight excluding hydrogens is 261 g/mol. The summed E-state index contributed by atoms with van der Waals surface area (Å²) in [6.45, 7) is 0.626. The van der Waals surface area contributed by atoms with Crippen LogP contribution < -0.4 is 10.5 Å². The summed E-state index contributed by atoms with van der Waals surface area (Å²) in [5.41, 5.74) is 5.04. The largest absolute Gasteiger partial charge is 0.474 e. The quantitative estimate of drug-likeness (QED) is 0.929. The Labute approximate surface area is 106 Å². The van der Waals surface area contributed by atoms with Crippen molar-refractivity contribution >= 4 is 0 Å². The van der Waals surface area contributed by atoms with Crippen molar-refractivity contribution in [3.63, 3.8) is 0 Å². The Morgan fingerprint density at radius 2 is 1.89 bits per heavy atom. The van der Waals surface area contributed by atoms with Gasteiger partial charge in [-0.1, -0.05) is 12.1 Å². The fraction of sp³-hybridized carbons (Fsp3) is 0.250. The Hall–Kier alpha value is -2.02. The fourth-order valence-electron chi connectivity index (χ4n) is 1.45. The molecule has 0 radical (unpaired) electrons. The zero-order valence-electron chi connectivity index (χ0n) is 9.78. The van der Waals surface area contributed by atoms with Gasteiger partial charge in [0.2, 0.25) is 0 Å². The van der Waals surface area contributed by atoms with E-state index in [1.165, 1.54) is 18.2 Å². The van der Waals surface area contributed by atoms with E-state index in [-0.39, 0.29) is 5.88 Å². The average molecular weight is 272 g/mol. The van der Waals surface area contributed by atoms with E-state index in [1.54, 1.807) is 0 Å². The first-order chi connectivity index (χ1) is 9.00. The Balaban J connectivity index is 2.16. The summed E-state index contributed by atoms with van der Waals surface area (Å²) in [4.78, 5) is 0. The van der Waals surface area contributed by atoms with Crippen molar-refractivity contribution in [2.45, 2.75) is 6.18 Å². The van der Waals surface area contributed by atoms with Gasteiger partial charge in [-0.05, 0) is 17.3 Å². The summed E-state index contributed by atoms with van der Waals surface area (Å²) in [5, 5.41) is 3.63. The predicted molar refractivity (Wildman–Crippen MR) is 61.5 cm³/mol. The lowest BCUT2D eigenvalue weighted by molar-refractivity contribution is -0.137. The number of aromatic nitrogens is 1. The zero-order chi connectivity index (χ0) is 13.9. The number of benzene rings is 1. The van der Waals surface area contributed by atoms with Gasteiger partial charge in [0, 0.05) is 18.2 Å². The number of halogens is 3. The molecule has 0 fully saturated rings. The van der Waals surface area contributed by atoms with Crippen LogP contribution in [0.15, 0.2) is 34.9 Å². The Kier molecular flexibility index (Phi) is 3.75. The fourth-order valence-corrected chi connectivity index (χ4v) is 1.45. The number of nitrogens with zero attached hydrogens (tertiary/aromatic N) is 1. The van der Waals surface area contributed by atoms with Crippen molar-refractivity contribution in [1.82, 2.24) is 5.16 Å². The third-order valence-corrected chi connectivity index (χ3v) is 2.35. The monoisotopic (exact) mass is 272 g/mol. The molecule has 0 saturated heterocycles. The molecule has 19 heavy (non-hydrogen) atoms. The van der Waals surface area contributed by atoms with Crippen molar-refractivity contribution in [2.75, 3.05) is 13.2 Å². The van der Waals surface area contributed by atoms with Crippen LogP contribution in [0.4, 0.5) is 13.2 Å². The van der Waals surface area contributed by atoms with E-state index in [1.807, 2.05) is 0 Å². The van der Waals surface area contributed by atoms with E-state index in [2.05, 4.69) is 5.16 Å². The van der Waals surface area contributed by atoms with E-state index in [0.29, 0.717) is 24.5 Å². The maximum atomic E-state index is 12.4. The molecule has 1 aromatic heterocycles. The van der Waals surface area contributed by atoms with Crippen LogP contribution in [0, 0.1) is 0 Å². The molecule has 4 nitrogen and oxygen atoms in total. The Morgan fingerprint density at radius 3 is 2.47 bits per heavy atom. The molecule has 0 amide bonds. The molecule has 1 heterocycles. The normalized spacial score (nSPS) is 11.6. The molecular formula is C12H11F3N2O2. The number of rotatable bonds is 4. The Morgan fingerprint density at radius 1 is 1.21 bits per heavy atom. The second kappa shape index (κ2) is 5.31. The van der Waals surface area contributed by atoms with Gasteiger partial charge in [0.1, 0.15) is 6.61 Å². The van der Waals surface area contributed by atoms with E-state index in [4.69, 9.17) is 15.0 Å². The lowest BCUT2D eigenvalue weighted by atomic mass is 10.1. The van der Waals surface area contributed by atoms with Crippen molar-refractivity contribution in [3.8, 4) is 17.2 Å². The maximum Gasteiger partial charge on any atom is 0.416 e. The van der Waals surface area contributed by atoms with Crippen LogP contribution in [0.3, 0.4) is 0 Å². The number of hydrogen-bond acceptors (Lipinski definition) is 4. The second-order valence-corrected chi connectivity index (χ2v) is 3.74. The van der Waals surface area contributed by atoms with Gasteiger partial charge in [0.05, 0.1) is 5.56 Å². The highest BCUT2D eigenvalue weighted by Crippen LogP contribution is 2.31. The third-order valence-electron chi connectivity index (χ3n) is 2.35. The minimum absolute atomic E-state index is 0.250. The number of hydrogen-bond donors (Lipinski definition) is 1. The summed E-state index contributed by atoms with van der Waals surface area (Å²) in [6, 6.07) is 6.10. The molecule has 7 heteroatoms. The predicted octanol–water partition coefficient (Wildman–Crippen LogP) is 2.70. The highest BCUT2D eigenvalue weighted by molar-refractivity contribution is 5.58. The van der Waals surface area contributed by atoms with Gasteiger partial charge in [-0.25, -0.2) is 0 Å². The van der Waals surface area contributed by atoms with Crippen LogP contribution in [0.1, 0.15) is 5.56 Å². The molecule has 2 aromatic rings. The SMILES string of the molecule is NCCOc1cc(-c2ccc(C(F)(F)F)cc2)on1. The van der Waals surface area contributed by atoms with Crippen LogP contribution >= 0.6 is 0 Å². The first-order valence-corrected chi connectivity index (χ1v) is 5.48. The second-order valence-electron chi connectivity index (χ2n) is 3.74. The molecule has 0 saturated carbocycles. The van der Waals surface area contributed by atoms with Gasteiger partial charge in [-0.3, -0.25) is 0 Å². The number of ether oxygens (including phenoxy) is 1. The van der Waals surface area contributed by atoms with E-state index < -0.39 is 11.7 Å². The van der Waals surface area contributed by atoms with Gasteiger partial charge in [0.15, 0.2) is 5.76 Å². The number of nitrogens with two attached hydrogens (primary N) is 1. The molecule has 0 aliphatic rings. The average Bonchev–Trinajstić information content (AvgIpc) is 2.84. The standard InChI is InChI=1S/C12H11F3N2O2/c13-12(14,15)9-3-1-8(2-4-9)10-7-11(17-19-10)18-6-5-16/h1-4,7H,5-6,16H2. The summed E-state index contributed by atoms with van der Waals surface area (Å²) in [5.74, 6) is 0.584. The third kappa shape index (κ3) is 3.25.